The van der Waals surface area contributed by atoms with Gasteiger partial charge in [-0.2, -0.15) is 0 Å². The number of rotatable bonds is 6. The smallest absolute Gasteiger partial charge is 0.115 e. The van der Waals surface area contributed by atoms with Crippen LogP contribution in [0, 0.1) is 0 Å². The van der Waals surface area contributed by atoms with Crippen LogP contribution in [0.15, 0.2) is 54.6 Å². The van der Waals surface area contributed by atoms with Gasteiger partial charge in [-0.1, -0.05) is 42.5 Å². The van der Waals surface area contributed by atoms with Gasteiger partial charge in [0.05, 0.1) is 0 Å². The maximum absolute atomic E-state index is 9.41. The first kappa shape index (κ1) is 13.6. The molecular weight excluding hydrogens is 234 g/mol. The Morgan fingerprint density at radius 3 is 2.42 bits per heavy atom. The molecule has 0 saturated heterocycles. The Morgan fingerprint density at radius 2 is 1.68 bits per heavy atom. The molecule has 0 aromatic heterocycles. The van der Waals surface area contributed by atoms with Gasteiger partial charge in [-0.3, -0.25) is 0 Å². The lowest BCUT2D eigenvalue weighted by atomic mass is 10.1. The summed E-state index contributed by atoms with van der Waals surface area (Å²) in [6.45, 7) is 2.05. The van der Waals surface area contributed by atoms with Crippen molar-refractivity contribution >= 4 is 0 Å². The number of hydrogen-bond donors (Lipinski definition) is 1. The van der Waals surface area contributed by atoms with E-state index in [0.717, 1.165) is 25.9 Å². The molecule has 2 rings (SSSR count). The second kappa shape index (κ2) is 6.95. The van der Waals surface area contributed by atoms with E-state index in [0.29, 0.717) is 5.75 Å². The molecular formula is C17H21NO. The van der Waals surface area contributed by atoms with Gasteiger partial charge >= 0.3 is 0 Å². The Hall–Kier alpha value is -1.80. The molecule has 0 unspecified atom stereocenters. The summed E-state index contributed by atoms with van der Waals surface area (Å²) in [6, 6.07) is 18.0. The Labute approximate surface area is 115 Å². The van der Waals surface area contributed by atoms with E-state index in [1.54, 1.807) is 6.07 Å². The predicted molar refractivity (Wildman–Crippen MR) is 79.2 cm³/mol. The van der Waals surface area contributed by atoms with Gasteiger partial charge in [0.25, 0.3) is 0 Å². The van der Waals surface area contributed by atoms with Crippen LogP contribution in [0.5, 0.6) is 5.75 Å². The zero-order valence-electron chi connectivity index (χ0n) is 11.4. The summed E-state index contributed by atoms with van der Waals surface area (Å²) in [6.07, 6.45) is 2.11. The minimum Gasteiger partial charge on any atom is -0.508 e. The minimum absolute atomic E-state index is 0.357. The van der Waals surface area contributed by atoms with Gasteiger partial charge in [-0.05, 0) is 49.7 Å². The van der Waals surface area contributed by atoms with Crippen molar-refractivity contribution in [3.05, 3.63) is 65.7 Å². The molecule has 0 spiro atoms. The van der Waals surface area contributed by atoms with E-state index in [9.17, 15) is 5.11 Å². The molecule has 0 aliphatic carbocycles. The second-order valence-electron chi connectivity index (χ2n) is 5.00. The molecule has 2 aromatic rings. The first-order chi connectivity index (χ1) is 9.24. The molecule has 100 valence electrons. The lowest BCUT2D eigenvalue weighted by Gasteiger charge is -2.16. The van der Waals surface area contributed by atoms with Crippen molar-refractivity contribution < 1.29 is 5.11 Å². The van der Waals surface area contributed by atoms with Crippen molar-refractivity contribution in [1.82, 2.24) is 4.90 Å². The molecule has 19 heavy (non-hydrogen) atoms. The summed E-state index contributed by atoms with van der Waals surface area (Å²) >= 11 is 0. The van der Waals surface area contributed by atoms with Gasteiger partial charge < -0.3 is 10.0 Å². The molecule has 0 heterocycles. The molecule has 0 amide bonds. The molecule has 0 aliphatic heterocycles. The number of aromatic hydroxyl groups is 1. The highest BCUT2D eigenvalue weighted by Crippen LogP contribution is 2.12. The SMILES string of the molecule is CN(CCCc1cccc(O)c1)Cc1ccccc1. The van der Waals surface area contributed by atoms with E-state index in [1.807, 2.05) is 18.2 Å². The van der Waals surface area contributed by atoms with Gasteiger partial charge in [0.2, 0.25) is 0 Å². The van der Waals surface area contributed by atoms with E-state index < -0.39 is 0 Å². The standard InChI is InChI=1S/C17H21NO/c1-18(14-16-7-3-2-4-8-16)12-6-10-15-9-5-11-17(19)13-15/h2-5,7-9,11,13,19H,6,10,12,14H2,1H3. The third-order valence-electron chi connectivity index (χ3n) is 3.21. The highest BCUT2D eigenvalue weighted by atomic mass is 16.3. The third kappa shape index (κ3) is 4.76. The summed E-state index contributed by atoms with van der Waals surface area (Å²) in [5.41, 5.74) is 2.55. The molecule has 0 bridgehead atoms. The predicted octanol–water partition coefficient (Wildman–Crippen LogP) is 3.46. The summed E-state index contributed by atoms with van der Waals surface area (Å²) < 4.78 is 0. The number of benzene rings is 2. The summed E-state index contributed by atoms with van der Waals surface area (Å²) in [7, 11) is 2.15. The average Bonchev–Trinajstić information content (AvgIpc) is 2.40. The Bertz CT molecular complexity index is 496. The maximum Gasteiger partial charge on any atom is 0.115 e. The summed E-state index contributed by atoms with van der Waals surface area (Å²) in [4.78, 5) is 2.33. The van der Waals surface area contributed by atoms with Crippen molar-refractivity contribution in [1.29, 1.82) is 0 Å². The molecule has 0 saturated carbocycles. The first-order valence-corrected chi connectivity index (χ1v) is 6.74. The number of nitrogens with zero attached hydrogens (tertiary/aromatic N) is 1. The van der Waals surface area contributed by atoms with E-state index in [4.69, 9.17) is 0 Å². The van der Waals surface area contributed by atoms with Crippen LogP contribution in [0.1, 0.15) is 17.5 Å². The fourth-order valence-electron chi connectivity index (χ4n) is 2.24. The van der Waals surface area contributed by atoms with Crippen molar-refractivity contribution in [3.63, 3.8) is 0 Å². The van der Waals surface area contributed by atoms with Gasteiger partial charge in [-0.25, -0.2) is 0 Å². The van der Waals surface area contributed by atoms with Crippen LogP contribution in [0.2, 0.25) is 0 Å². The molecule has 2 nitrogen and oxygen atoms in total. The lowest BCUT2D eigenvalue weighted by molar-refractivity contribution is 0.322. The van der Waals surface area contributed by atoms with Crippen LogP contribution in [0.3, 0.4) is 0 Å². The minimum atomic E-state index is 0.357. The largest absolute Gasteiger partial charge is 0.508 e. The van der Waals surface area contributed by atoms with Gasteiger partial charge in [-0.15, -0.1) is 0 Å². The number of hydrogen-bond acceptors (Lipinski definition) is 2. The zero-order chi connectivity index (χ0) is 13.5. The number of phenols is 1. The first-order valence-electron chi connectivity index (χ1n) is 6.74. The molecule has 0 fully saturated rings. The van der Waals surface area contributed by atoms with E-state index >= 15 is 0 Å². The van der Waals surface area contributed by atoms with Crippen LogP contribution in [0.4, 0.5) is 0 Å². The fraction of sp³-hybridized carbons (Fsp3) is 0.294. The van der Waals surface area contributed by atoms with Crippen LogP contribution >= 0.6 is 0 Å². The number of aryl methyl sites for hydroxylation is 1. The zero-order valence-corrected chi connectivity index (χ0v) is 11.4. The highest BCUT2D eigenvalue weighted by Gasteiger charge is 2.01. The van der Waals surface area contributed by atoms with E-state index in [1.165, 1.54) is 11.1 Å². The lowest BCUT2D eigenvalue weighted by Crippen LogP contribution is -2.19. The van der Waals surface area contributed by atoms with Crippen molar-refractivity contribution in [2.75, 3.05) is 13.6 Å². The van der Waals surface area contributed by atoms with Crippen LogP contribution in [-0.2, 0) is 13.0 Å². The van der Waals surface area contributed by atoms with Crippen molar-refractivity contribution in [3.8, 4) is 5.75 Å². The normalized spacial score (nSPS) is 10.8. The van der Waals surface area contributed by atoms with Gasteiger partial charge in [0, 0.05) is 6.54 Å². The molecule has 0 atom stereocenters. The second-order valence-corrected chi connectivity index (χ2v) is 5.00. The van der Waals surface area contributed by atoms with E-state index in [-0.39, 0.29) is 0 Å². The molecule has 2 aromatic carbocycles. The average molecular weight is 255 g/mol. The number of phenolic OH excluding ortho intramolecular Hbond substituents is 1. The van der Waals surface area contributed by atoms with Crippen molar-refractivity contribution in [2.24, 2.45) is 0 Å². The van der Waals surface area contributed by atoms with Gasteiger partial charge in [0.1, 0.15) is 5.75 Å². The third-order valence-corrected chi connectivity index (χ3v) is 3.21. The monoisotopic (exact) mass is 255 g/mol. The summed E-state index contributed by atoms with van der Waals surface area (Å²) in [5.74, 6) is 0.357. The molecule has 1 N–H and O–H groups in total. The van der Waals surface area contributed by atoms with Crippen molar-refractivity contribution in [2.45, 2.75) is 19.4 Å². The fourth-order valence-corrected chi connectivity index (χ4v) is 2.24. The van der Waals surface area contributed by atoms with Crippen LogP contribution in [-0.4, -0.2) is 23.6 Å². The highest BCUT2D eigenvalue weighted by molar-refractivity contribution is 5.27. The van der Waals surface area contributed by atoms with Gasteiger partial charge in [0.15, 0.2) is 0 Å². The molecule has 0 radical (unpaired) electrons. The van der Waals surface area contributed by atoms with Crippen LogP contribution in [0.25, 0.3) is 0 Å². The Balaban J connectivity index is 1.73. The molecule has 0 aliphatic rings. The maximum atomic E-state index is 9.41. The van der Waals surface area contributed by atoms with Crippen LogP contribution < -0.4 is 0 Å². The topological polar surface area (TPSA) is 23.5 Å². The Kier molecular flexibility index (Phi) is 4.99. The quantitative estimate of drug-likeness (QED) is 0.854. The summed E-state index contributed by atoms with van der Waals surface area (Å²) in [5, 5.41) is 9.41. The van der Waals surface area contributed by atoms with E-state index in [2.05, 4.69) is 42.3 Å². The molecule has 2 heteroatoms. The Morgan fingerprint density at radius 1 is 0.947 bits per heavy atom.